The molecule has 4 N–H and O–H groups in total. The predicted molar refractivity (Wildman–Crippen MR) is 64.3 cm³/mol. The molecule has 0 bridgehead atoms. The van der Waals surface area contributed by atoms with E-state index in [1.807, 2.05) is 6.07 Å². The van der Waals surface area contributed by atoms with Crippen LogP contribution in [-0.2, 0) is 4.74 Å². The second kappa shape index (κ2) is 4.99. The highest BCUT2D eigenvalue weighted by Gasteiger charge is 2.19. The normalized spacial score (nSPS) is 9.24. The molecule has 0 aromatic heterocycles. The van der Waals surface area contributed by atoms with Crippen LogP contribution in [0.3, 0.4) is 0 Å². The first-order chi connectivity index (χ1) is 8.10. The zero-order valence-electron chi connectivity index (χ0n) is 9.50. The highest BCUT2D eigenvalue weighted by molar-refractivity contribution is 6.02. The molecule has 0 atom stereocenters. The van der Waals surface area contributed by atoms with Gasteiger partial charge in [0.25, 0.3) is 0 Å². The summed E-state index contributed by atoms with van der Waals surface area (Å²) in [6, 6.07) is 3.29. The Morgan fingerprint density at radius 1 is 1.71 bits per heavy atom. The molecule has 0 aliphatic rings. The Hall–Kier alpha value is -2.55. The van der Waals surface area contributed by atoms with Crippen LogP contribution in [0.15, 0.2) is 6.07 Å². The Bertz CT molecular complexity index is 517. The van der Waals surface area contributed by atoms with Crippen molar-refractivity contribution >= 4 is 23.6 Å². The minimum Gasteiger partial charge on any atom is -0.465 e. The molecular formula is C11H12N4O2. The van der Waals surface area contributed by atoms with E-state index < -0.39 is 5.97 Å². The smallest absolute Gasteiger partial charge is 0.339 e. The summed E-state index contributed by atoms with van der Waals surface area (Å²) in [6.07, 6.45) is 1.03. The van der Waals surface area contributed by atoms with Crippen LogP contribution in [0.25, 0.3) is 0 Å². The topological polar surface area (TPSA) is 112 Å². The quantitative estimate of drug-likeness (QED) is 0.408. The number of carbonyl (C=O) groups is 1. The van der Waals surface area contributed by atoms with Gasteiger partial charge in [-0.1, -0.05) is 0 Å². The number of methoxy groups -OCH3 is 1. The SMILES string of the molecule is CNc1cc(C(=O)OC)c(C#N)c(N)c1C=N. The molecule has 0 aliphatic carbocycles. The maximum atomic E-state index is 11.5. The average Bonchev–Trinajstić information content (AvgIpc) is 2.36. The summed E-state index contributed by atoms with van der Waals surface area (Å²) < 4.78 is 4.58. The number of nitriles is 1. The Morgan fingerprint density at radius 2 is 2.35 bits per heavy atom. The van der Waals surface area contributed by atoms with Crippen LogP contribution >= 0.6 is 0 Å². The minimum atomic E-state index is -0.638. The van der Waals surface area contributed by atoms with E-state index in [1.165, 1.54) is 13.2 Å². The molecule has 0 amide bonds. The zero-order chi connectivity index (χ0) is 13.0. The molecule has 0 unspecified atom stereocenters. The number of ether oxygens (including phenoxy) is 1. The van der Waals surface area contributed by atoms with E-state index in [9.17, 15) is 4.79 Å². The first-order valence-electron chi connectivity index (χ1n) is 4.73. The van der Waals surface area contributed by atoms with Crippen LogP contribution in [0.5, 0.6) is 0 Å². The summed E-state index contributed by atoms with van der Waals surface area (Å²) >= 11 is 0. The van der Waals surface area contributed by atoms with Crippen molar-refractivity contribution in [2.75, 3.05) is 25.2 Å². The number of benzene rings is 1. The number of carbonyl (C=O) groups excluding carboxylic acids is 1. The number of nitrogen functional groups attached to an aromatic ring is 1. The van der Waals surface area contributed by atoms with Gasteiger partial charge in [0.2, 0.25) is 0 Å². The fourth-order valence-electron chi connectivity index (χ4n) is 1.47. The van der Waals surface area contributed by atoms with Gasteiger partial charge in [-0.25, -0.2) is 4.79 Å². The summed E-state index contributed by atoms with van der Waals surface area (Å²) in [6.45, 7) is 0. The first kappa shape index (κ1) is 12.5. The summed E-state index contributed by atoms with van der Waals surface area (Å²) in [4.78, 5) is 11.5. The number of hydrogen-bond acceptors (Lipinski definition) is 6. The van der Waals surface area contributed by atoms with Crippen molar-refractivity contribution in [3.8, 4) is 6.07 Å². The van der Waals surface area contributed by atoms with Gasteiger partial charge in [0, 0.05) is 24.5 Å². The van der Waals surface area contributed by atoms with Crippen LogP contribution in [-0.4, -0.2) is 26.3 Å². The van der Waals surface area contributed by atoms with Crippen molar-refractivity contribution in [3.63, 3.8) is 0 Å². The number of hydrogen-bond donors (Lipinski definition) is 3. The lowest BCUT2D eigenvalue weighted by atomic mass is 10.00. The molecule has 1 rings (SSSR count). The summed E-state index contributed by atoms with van der Waals surface area (Å²) in [5.74, 6) is -0.638. The number of nitrogens with two attached hydrogens (primary N) is 1. The van der Waals surface area contributed by atoms with Crippen molar-refractivity contribution in [3.05, 3.63) is 22.8 Å². The number of rotatable bonds is 3. The molecular weight excluding hydrogens is 220 g/mol. The van der Waals surface area contributed by atoms with E-state index in [1.54, 1.807) is 7.05 Å². The average molecular weight is 232 g/mol. The third kappa shape index (κ3) is 2.03. The Balaban J connectivity index is 3.64. The van der Waals surface area contributed by atoms with E-state index in [0.29, 0.717) is 11.3 Å². The first-order valence-corrected chi connectivity index (χ1v) is 4.73. The summed E-state index contributed by atoms with van der Waals surface area (Å²) in [5.41, 5.74) is 6.82. The molecule has 88 valence electrons. The maximum Gasteiger partial charge on any atom is 0.339 e. The summed E-state index contributed by atoms with van der Waals surface area (Å²) in [7, 11) is 2.86. The summed E-state index contributed by atoms with van der Waals surface area (Å²) in [5, 5.41) is 19.1. The molecule has 0 saturated carbocycles. The van der Waals surface area contributed by atoms with Crippen LogP contribution < -0.4 is 11.1 Å². The molecule has 0 heterocycles. The van der Waals surface area contributed by atoms with E-state index in [-0.39, 0.29) is 16.8 Å². The lowest BCUT2D eigenvalue weighted by molar-refractivity contribution is 0.0600. The van der Waals surface area contributed by atoms with Gasteiger partial charge in [-0.15, -0.1) is 0 Å². The molecule has 6 nitrogen and oxygen atoms in total. The van der Waals surface area contributed by atoms with Gasteiger partial charge in [0.05, 0.1) is 23.9 Å². The van der Waals surface area contributed by atoms with Gasteiger partial charge in [0.1, 0.15) is 6.07 Å². The van der Waals surface area contributed by atoms with Crippen molar-refractivity contribution in [2.45, 2.75) is 0 Å². The molecule has 0 saturated heterocycles. The van der Waals surface area contributed by atoms with Gasteiger partial charge in [-0.3, -0.25) is 0 Å². The van der Waals surface area contributed by atoms with Crippen LogP contribution in [0, 0.1) is 16.7 Å². The van der Waals surface area contributed by atoms with Gasteiger partial charge in [0.15, 0.2) is 0 Å². The van der Waals surface area contributed by atoms with Crippen molar-refractivity contribution in [1.82, 2.24) is 0 Å². The predicted octanol–water partition coefficient (Wildman–Crippen LogP) is 0.966. The van der Waals surface area contributed by atoms with Gasteiger partial charge in [-0.2, -0.15) is 5.26 Å². The van der Waals surface area contributed by atoms with Crippen LogP contribution in [0.2, 0.25) is 0 Å². The minimum absolute atomic E-state index is 0.0225. The number of esters is 1. The molecule has 1 aromatic carbocycles. The number of anilines is 2. The van der Waals surface area contributed by atoms with E-state index in [0.717, 1.165) is 6.21 Å². The standard InChI is InChI=1S/C11H12N4O2/c1-15-9-3-6(11(16)17-2)7(4-12)10(14)8(9)5-13/h3,5,13,15H,14H2,1-2H3. The molecule has 0 fully saturated rings. The van der Waals surface area contributed by atoms with Crippen molar-refractivity contribution in [1.29, 1.82) is 10.7 Å². The van der Waals surface area contributed by atoms with E-state index >= 15 is 0 Å². The Kier molecular flexibility index (Phi) is 3.67. The van der Waals surface area contributed by atoms with Crippen LogP contribution in [0.4, 0.5) is 11.4 Å². The Morgan fingerprint density at radius 3 is 2.76 bits per heavy atom. The number of nitrogens with one attached hydrogen (secondary N) is 2. The lowest BCUT2D eigenvalue weighted by Crippen LogP contribution is -2.10. The largest absolute Gasteiger partial charge is 0.465 e. The molecule has 0 aliphatic heterocycles. The fourth-order valence-corrected chi connectivity index (χ4v) is 1.47. The molecule has 0 spiro atoms. The van der Waals surface area contributed by atoms with Crippen molar-refractivity contribution < 1.29 is 9.53 Å². The highest BCUT2D eigenvalue weighted by Crippen LogP contribution is 2.28. The highest BCUT2D eigenvalue weighted by atomic mass is 16.5. The maximum absolute atomic E-state index is 11.5. The molecule has 17 heavy (non-hydrogen) atoms. The van der Waals surface area contributed by atoms with E-state index in [4.69, 9.17) is 16.4 Å². The fraction of sp³-hybridized carbons (Fsp3) is 0.182. The van der Waals surface area contributed by atoms with Gasteiger partial charge >= 0.3 is 5.97 Å². The van der Waals surface area contributed by atoms with Gasteiger partial charge < -0.3 is 21.2 Å². The lowest BCUT2D eigenvalue weighted by Gasteiger charge is -2.12. The second-order valence-corrected chi connectivity index (χ2v) is 3.17. The molecule has 6 heteroatoms. The van der Waals surface area contributed by atoms with Crippen molar-refractivity contribution in [2.24, 2.45) is 0 Å². The molecule has 0 radical (unpaired) electrons. The third-order valence-electron chi connectivity index (χ3n) is 2.34. The second-order valence-electron chi connectivity index (χ2n) is 3.17. The zero-order valence-corrected chi connectivity index (χ0v) is 9.50. The number of nitrogens with zero attached hydrogens (tertiary/aromatic N) is 1. The Labute approximate surface area is 98.5 Å². The molecule has 1 aromatic rings. The van der Waals surface area contributed by atoms with Crippen LogP contribution in [0.1, 0.15) is 21.5 Å². The monoisotopic (exact) mass is 232 g/mol. The van der Waals surface area contributed by atoms with E-state index in [2.05, 4.69) is 10.1 Å². The third-order valence-corrected chi connectivity index (χ3v) is 2.34. The van der Waals surface area contributed by atoms with Gasteiger partial charge in [-0.05, 0) is 6.07 Å².